The molecule has 19 heavy (non-hydrogen) atoms. The topological polar surface area (TPSA) is 29.9 Å². The van der Waals surface area contributed by atoms with Crippen LogP contribution in [0.15, 0.2) is 12.5 Å². The van der Waals surface area contributed by atoms with Crippen molar-refractivity contribution in [3.63, 3.8) is 0 Å². The van der Waals surface area contributed by atoms with Crippen LogP contribution in [-0.2, 0) is 6.54 Å². The van der Waals surface area contributed by atoms with Gasteiger partial charge in [0.05, 0.1) is 12.0 Å². The molecule has 0 atom stereocenters. The molecular weight excluding hydrogens is 234 g/mol. The summed E-state index contributed by atoms with van der Waals surface area (Å²) in [4.78, 5) is 4.75. The lowest BCUT2D eigenvalue weighted by Crippen LogP contribution is -2.43. The highest BCUT2D eigenvalue weighted by molar-refractivity contribution is 5.15. The summed E-state index contributed by atoms with van der Waals surface area (Å²) >= 11 is 0. The summed E-state index contributed by atoms with van der Waals surface area (Å²) in [5.74, 6) is 4.80. The van der Waals surface area contributed by atoms with E-state index < -0.39 is 0 Å². The molecule has 3 heteroatoms. The van der Waals surface area contributed by atoms with Crippen LogP contribution in [0.2, 0.25) is 0 Å². The molecule has 4 bridgehead atoms. The van der Waals surface area contributed by atoms with Crippen LogP contribution in [0.1, 0.15) is 43.7 Å². The van der Waals surface area contributed by atoms with Crippen LogP contribution in [0.25, 0.3) is 0 Å². The molecule has 104 valence electrons. The van der Waals surface area contributed by atoms with E-state index in [0.29, 0.717) is 0 Å². The summed E-state index contributed by atoms with van der Waals surface area (Å²) in [6.45, 7) is 2.06. The third-order valence-corrected chi connectivity index (χ3v) is 5.84. The number of aromatic nitrogens is 2. The maximum atomic E-state index is 4.75. The Morgan fingerprint density at radius 2 is 1.84 bits per heavy atom. The lowest BCUT2D eigenvalue weighted by Gasteiger charge is -2.54. The lowest BCUT2D eigenvalue weighted by molar-refractivity contribution is -0.00405. The molecule has 0 unspecified atom stereocenters. The average Bonchev–Trinajstić information content (AvgIpc) is 2.83. The van der Waals surface area contributed by atoms with Gasteiger partial charge in [-0.15, -0.1) is 0 Å². The molecule has 1 N–H and O–H groups in total. The van der Waals surface area contributed by atoms with E-state index in [1.807, 2.05) is 13.4 Å². The highest BCUT2D eigenvalue weighted by Crippen LogP contribution is 2.59. The van der Waals surface area contributed by atoms with Gasteiger partial charge in [-0.2, -0.15) is 0 Å². The summed E-state index contributed by atoms with van der Waals surface area (Å²) in [6, 6.07) is 0. The van der Waals surface area contributed by atoms with E-state index in [4.69, 9.17) is 4.98 Å². The molecule has 0 aliphatic heterocycles. The fraction of sp³-hybridized carbons (Fsp3) is 0.812. The zero-order chi connectivity index (χ0) is 12.8. The number of nitrogens with one attached hydrogen (secondary N) is 1. The molecule has 1 aromatic rings. The van der Waals surface area contributed by atoms with Gasteiger partial charge in [0.2, 0.25) is 0 Å². The zero-order valence-electron chi connectivity index (χ0n) is 11.9. The second-order valence-electron chi connectivity index (χ2n) is 7.10. The van der Waals surface area contributed by atoms with Crippen molar-refractivity contribution in [3.8, 4) is 0 Å². The molecular formula is C16H25N3. The van der Waals surface area contributed by atoms with Crippen LogP contribution >= 0.6 is 0 Å². The van der Waals surface area contributed by atoms with Gasteiger partial charge in [0.15, 0.2) is 0 Å². The third-order valence-electron chi connectivity index (χ3n) is 5.84. The smallest absolute Gasteiger partial charge is 0.0949 e. The summed E-state index contributed by atoms with van der Waals surface area (Å²) in [5, 5.41) is 3.21. The molecule has 1 aromatic heterocycles. The summed E-state index contributed by atoms with van der Waals surface area (Å²) < 4.78 is 2.26. The number of likely N-dealkylation sites (N-methyl/N-ethyl adjacent to an activating group) is 1. The second kappa shape index (κ2) is 4.62. The number of hydrogen-bond acceptors (Lipinski definition) is 2. The number of hydrogen-bond donors (Lipinski definition) is 1. The Hall–Kier alpha value is -0.830. The summed E-state index contributed by atoms with van der Waals surface area (Å²) in [6.07, 6.45) is 11.8. The van der Waals surface area contributed by atoms with Gasteiger partial charge in [-0.3, -0.25) is 0 Å². The van der Waals surface area contributed by atoms with Crippen molar-refractivity contribution in [2.24, 2.45) is 23.7 Å². The monoisotopic (exact) mass is 259 g/mol. The van der Waals surface area contributed by atoms with Gasteiger partial charge in [0.1, 0.15) is 0 Å². The van der Waals surface area contributed by atoms with Gasteiger partial charge in [-0.25, -0.2) is 4.98 Å². The standard InChI is InChI=1S/C16H25N3/c1-17-2-3-19-9-15(18-10-19)16-13-5-11-4-12(7-13)8-14(16)6-11/h9-14,16-17H,2-8H2,1H3. The van der Waals surface area contributed by atoms with Crippen molar-refractivity contribution >= 4 is 0 Å². The van der Waals surface area contributed by atoms with Crippen LogP contribution in [0, 0.1) is 23.7 Å². The second-order valence-corrected chi connectivity index (χ2v) is 7.10. The van der Waals surface area contributed by atoms with Gasteiger partial charge in [-0.05, 0) is 62.8 Å². The van der Waals surface area contributed by atoms with E-state index in [1.165, 1.54) is 37.8 Å². The normalized spacial score (nSPS) is 39.9. The van der Waals surface area contributed by atoms with E-state index in [2.05, 4.69) is 16.1 Å². The molecule has 0 radical (unpaired) electrons. The molecule has 5 rings (SSSR count). The first-order chi connectivity index (χ1) is 9.33. The van der Waals surface area contributed by atoms with Crippen LogP contribution in [0.3, 0.4) is 0 Å². The molecule has 4 fully saturated rings. The van der Waals surface area contributed by atoms with E-state index in [1.54, 1.807) is 0 Å². The molecule has 0 aromatic carbocycles. The van der Waals surface area contributed by atoms with Gasteiger partial charge in [-0.1, -0.05) is 0 Å². The van der Waals surface area contributed by atoms with Crippen LogP contribution in [-0.4, -0.2) is 23.1 Å². The highest BCUT2D eigenvalue weighted by atomic mass is 15.1. The number of nitrogens with zero attached hydrogens (tertiary/aromatic N) is 2. The number of imidazole rings is 1. The van der Waals surface area contributed by atoms with Crippen molar-refractivity contribution in [2.75, 3.05) is 13.6 Å². The van der Waals surface area contributed by atoms with E-state index in [0.717, 1.165) is 42.7 Å². The highest BCUT2D eigenvalue weighted by Gasteiger charge is 2.49. The Balaban J connectivity index is 1.54. The molecule has 4 aliphatic carbocycles. The molecule has 0 saturated heterocycles. The van der Waals surface area contributed by atoms with E-state index in [9.17, 15) is 0 Å². The van der Waals surface area contributed by atoms with E-state index >= 15 is 0 Å². The Morgan fingerprint density at radius 3 is 2.47 bits per heavy atom. The van der Waals surface area contributed by atoms with Crippen LogP contribution in [0.5, 0.6) is 0 Å². The third kappa shape index (κ3) is 2.03. The average molecular weight is 259 g/mol. The summed E-state index contributed by atoms with van der Waals surface area (Å²) in [7, 11) is 2.01. The van der Waals surface area contributed by atoms with Crippen LogP contribution in [0.4, 0.5) is 0 Å². The first-order valence-corrected chi connectivity index (χ1v) is 7.99. The Labute approximate surface area is 115 Å². The van der Waals surface area contributed by atoms with Crippen molar-refractivity contribution in [2.45, 2.75) is 44.6 Å². The van der Waals surface area contributed by atoms with Crippen molar-refractivity contribution < 1.29 is 0 Å². The quantitative estimate of drug-likeness (QED) is 0.901. The van der Waals surface area contributed by atoms with Gasteiger partial charge in [0, 0.05) is 25.2 Å². The summed E-state index contributed by atoms with van der Waals surface area (Å²) in [5.41, 5.74) is 1.39. The van der Waals surface area contributed by atoms with Crippen molar-refractivity contribution in [1.29, 1.82) is 0 Å². The maximum absolute atomic E-state index is 4.75. The Kier molecular flexibility index (Phi) is 2.91. The molecule has 3 nitrogen and oxygen atoms in total. The minimum absolute atomic E-state index is 0.781. The first kappa shape index (κ1) is 12.0. The maximum Gasteiger partial charge on any atom is 0.0949 e. The largest absolute Gasteiger partial charge is 0.336 e. The fourth-order valence-electron chi connectivity index (χ4n) is 5.32. The molecule has 0 amide bonds. The minimum atomic E-state index is 0.781. The fourth-order valence-corrected chi connectivity index (χ4v) is 5.32. The predicted octanol–water partition coefficient (Wildman–Crippen LogP) is 2.64. The lowest BCUT2D eigenvalue weighted by atomic mass is 9.51. The Bertz CT molecular complexity index is 423. The molecule has 1 heterocycles. The SMILES string of the molecule is CNCCn1cnc(C2C3CC4CC(C3)CC2C4)c1. The molecule has 4 aliphatic rings. The van der Waals surface area contributed by atoms with Gasteiger partial charge >= 0.3 is 0 Å². The van der Waals surface area contributed by atoms with Gasteiger partial charge in [0.25, 0.3) is 0 Å². The van der Waals surface area contributed by atoms with Gasteiger partial charge < -0.3 is 9.88 Å². The van der Waals surface area contributed by atoms with E-state index in [-0.39, 0.29) is 0 Å². The van der Waals surface area contributed by atoms with Crippen molar-refractivity contribution in [3.05, 3.63) is 18.2 Å². The predicted molar refractivity (Wildman–Crippen MR) is 75.9 cm³/mol. The Morgan fingerprint density at radius 1 is 1.16 bits per heavy atom. The minimum Gasteiger partial charge on any atom is -0.336 e. The first-order valence-electron chi connectivity index (χ1n) is 7.99. The van der Waals surface area contributed by atoms with Crippen molar-refractivity contribution in [1.82, 2.24) is 14.9 Å². The molecule has 0 spiro atoms. The van der Waals surface area contributed by atoms with Crippen LogP contribution < -0.4 is 5.32 Å². The molecule has 4 saturated carbocycles. The number of rotatable bonds is 4. The zero-order valence-corrected chi connectivity index (χ0v) is 11.9.